The van der Waals surface area contributed by atoms with E-state index in [0.29, 0.717) is 28.9 Å². The van der Waals surface area contributed by atoms with Gasteiger partial charge in [0.15, 0.2) is 0 Å². The summed E-state index contributed by atoms with van der Waals surface area (Å²) in [5.41, 5.74) is 4.13. The minimum absolute atomic E-state index is 0.0255. The van der Waals surface area contributed by atoms with Gasteiger partial charge in [-0.3, -0.25) is 4.98 Å². The van der Waals surface area contributed by atoms with Crippen molar-refractivity contribution in [3.8, 4) is 0 Å². The molecule has 0 spiro atoms. The molecule has 0 bridgehead atoms. The lowest BCUT2D eigenvalue weighted by atomic mass is 10.1. The van der Waals surface area contributed by atoms with Gasteiger partial charge in [0.2, 0.25) is 0 Å². The van der Waals surface area contributed by atoms with Crippen molar-refractivity contribution in [2.24, 2.45) is 0 Å². The van der Waals surface area contributed by atoms with Crippen molar-refractivity contribution >= 4 is 41.4 Å². The maximum atomic E-state index is 12.3. The van der Waals surface area contributed by atoms with E-state index in [1.165, 1.54) is 0 Å². The van der Waals surface area contributed by atoms with Crippen LogP contribution in [0.25, 0.3) is 0 Å². The Kier molecular flexibility index (Phi) is 10.8. The Hall–Kier alpha value is -3.30. The second kappa shape index (κ2) is 14.0. The van der Waals surface area contributed by atoms with E-state index in [2.05, 4.69) is 24.2 Å². The molecule has 1 aromatic heterocycles. The van der Waals surface area contributed by atoms with E-state index in [1.54, 1.807) is 55.7 Å². The third-order valence-electron chi connectivity index (χ3n) is 5.50. The van der Waals surface area contributed by atoms with Crippen LogP contribution in [0, 0.1) is 0 Å². The minimum Gasteiger partial charge on any atom is -0.459 e. The van der Waals surface area contributed by atoms with Gasteiger partial charge in [-0.1, -0.05) is 37.4 Å². The van der Waals surface area contributed by atoms with Gasteiger partial charge in [0.25, 0.3) is 0 Å². The summed E-state index contributed by atoms with van der Waals surface area (Å²) in [6.07, 6.45) is 4.58. The van der Waals surface area contributed by atoms with Crippen LogP contribution >= 0.6 is 23.5 Å². The van der Waals surface area contributed by atoms with Crippen molar-refractivity contribution in [3.05, 3.63) is 101 Å². The number of carbonyl (C=O) groups is 3. The van der Waals surface area contributed by atoms with Crippen LogP contribution in [0.1, 0.15) is 41.9 Å². The molecule has 2 aromatic rings. The van der Waals surface area contributed by atoms with Gasteiger partial charge in [-0.15, -0.1) is 23.5 Å². The quantitative estimate of drug-likeness (QED) is 0.109. The average Bonchev–Trinajstić information content (AvgIpc) is 2.93. The molecule has 1 aliphatic rings. The number of aromatic nitrogens is 1. The average molecular weight is 554 g/mol. The van der Waals surface area contributed by atoms with Gasteiger partial charge in [-0.25, -0.2) is 14.4 Å². The zero-order valence-corrected chi connectivity index (χ0v) is 23.2. The number of pyridine rings is 1. The molecule has 0 fully saturated rings. The summed E-state index contributed by atoms with van der Waals surface area (Å²) in [5, 5.41) is 0. The zero-order chi connectivity index (χ0) is 27.5. The standard InChI is InChI=1S/C29H31NO6S2/c1-20(2)26(31)34-14-15-35-28(33)24-10-8-22(9-11-24)19-38-29(25-7-5-6-13-30-25)17-23(12-16-37-29)18-36-27(32)21(3)4/h5-13H,1,3,14-19H2,2,4H3. The van der Waals surface area contributed by atoms with E-state index >= 15 is 0 Å². The molecule has 9 heteroatoms. The summed E-state index contributed by atoms with van der Waals surface area (Å²) < 4.78 is 15.2. The Balaban J connectivity index is 1.61. The number of hydrogen-bond acceptors (Lipinski definition) is 9. The van der Waals surface area contributed by atoms with E-state index in [-0.39, 0.29) is 23.9 Å². The number of nitrogens with zero attached hydrogens (tertiary/aromatic N) is 1. The highest BCUT2D eigenvalue weighted by molar-refractivity contribution is 8.17. The Morgan fingerprint density at radius 1 is 0.974 bits per heavy atom. The number of thioether (sulfide) groups is 2. The summed E-state index contributed by atoms with van der Waals surface area (Å²) in [7, 11) is 0. The molecule has 1 unspecified atom stereocenters. The van der Waals surface area contributed by atoms with Gasteiger partial charge in [0, 0.05) is 35.3 Å². The third kappa shape index (κ3) is 8.36. The number of hydrogen-bond donors (Lipinski definition) is 0. The SMILES string of the molecule is C=C(C)C(=O)OCCOC(=O)c1ccc(CSC2(c3ccccn3)CC(COC(=O)C(=C)C)=CCS2)cc1. The molecule has 1 aromatic carbocycles. The summed E-state index contributed by atoms with van der Waals surface area (Å²) in [5.74, 6) is 0.0667. The van der Waals surface area contributed by atoms with E-state index in [4.69, 9.17) is 14.2 Å². The summed E-state index contributed by atoms with van der Waals surface area (Å²) in [6.45, 7) is 10.5. The summed E-state index contributed by atoms with van der Waals surface area (Å²) >= 11 is 3.56. The minimum atomic E-state index is -0.516. The van der Waals surface area contributed by atoms with Crippen molar-refractivity contribution in [2.45, 2.75) is 30.1 Å². The van der Waals surface area contributed by atoms with Gasteiger partial charge < -0.3 is 14.2 Å². The highest BCUT2D eigenvalue weighted by atomic mass is 32.2. The number of esters is 3. The predicted molar refractivity (Wildman–Crippen MR) is 151 cm³/mol. The number of ether oxygens (including phenoxy) is 3. The van der Waals surface area contributed by atoms with Crippen molar-refractivity contribution in [3.63, 3.8) is 0 Å². The lowest BCUT2D eigenvalue weighted by molar-refractivity contribution is -0.140. The summed E-state index contributed by atoms with van der Waals surface area (Å²) in [6, 6.07) is 13.1. The van der Waals surface area contributed by atoms with Crippen LogP contribution in [0.2, 0.25) is 0 Å². The van der Waals surface area contributed by atoms with Gasteiger partial charge in [0.05, 0.1) is 11.3 Å². The van der Waals surface area contributed by atoms with Crippen molar-refractivity contribution in [1.29, 1.82) is 0 Å². The first-order valence-corrected chi connectivity index (χ1v) is 14.0. The van der Waals surface area contributed by atoms with E-state index in [0.717, 1.165) is 22.6 Å². The lowest BCUT2D eigenvalue weighted by Crippen LogP contribution is -2.25. The maximum absolute atomic E-state index is 12.3. The lowest BCUT2D eigenvalue weighted by Gasteiger charge is -2.36. The molecular weight excluding hydrogens is 522 g/mol. The number of benzene rings is 1. The molecule has 0 radical (unpaired) electrons. The van der Waals surface area contributed by atoms with Crippen LogP contribution in [-0.4, -0.2) is 48.5 Å². The molecule has 1 atom stereocenters. The van der Waals surface area contributed by atoms with Crippen LogP contribution in [-0.2, 0) is 33.6 Å². The second-order valence-electron chi connectivity index (χ2n) is 8.71. The molecule has 38 heavy (non-hydrogen) atoms. The number of carbonyl (C=O) groups excluding carboxylic acids is 3. The Bertz CT molecular complexity index is 1210. The van der Waals surface area contributed by atoms with Crippen LogP contribution in [0.5, 0.6) is 0 Å². The van der Waals surface area contributed by atoms with Crippen molar-refractivity contribution in [1.82, 2.24) is 4.98 Å². The van der Waals surface area contributed by atoms with E-state index in [1.807, 2.05) is 30.3 Å². The van der Waals surface area contributed by atoms with Gasteiger partial charge in [-0.05, 0) is 49.2 Å². The second-order valence-corrected chi connectivity index (χ2v) is 11.6. The normalized spacial score (nSPS) is 16.6. The monoisotopic (exact) mass is 553 g/mol. The van der Waals surface area contributed by atoms with Crippen LogP contribution in [0.3, 0.4) is 0 Å². The maximum Gasteiger partial charge on any atom is 0.338 e. The molecule has 0 saturated carbocycles. The molecule has 0 N–H and O–H groups in total. The molecule has 0 amide bonds. The molecule has 1 aliphatic heterocycles. The molecule has 200 valence electrons. The Morgan fingerprint density at radius 2 is 1.66 bits per heavy atom. The third-order valence-corrected chi connectivity index (χ3v) is 8.66. The number of rotatable bonds is 12. The highest BCUT2D eigenvalue weighted by Gasteiger charge is 2.38. The Labute approximate surface area is 231 Å². The van der Waals surface area contributed by atoms with Gasteiger partial charge in [-0.2, -0.15) is 0 Å². The fraction of sp³-hybridized carbons (Fsp3) is 0.310. The molecule has 7 nitrogen and oxygen atoms in total. The smallest absolute Gasteiger partial charge is 0.338 e. The zero-order valence-electron chi connectivity index (χ0n) is 21.6. The fourth-order valence-electron chi connectivity index (χ4n) is 3.44. The van der Waals surface area contributed by atoms with Gasteiger partial charge >= 0.3 is 17.9 Å². The highest BCUT2D eigenvalue weighted by Crippen LogP contribution is 2.53. The first kappa shape index (κ1) is 29.3. The molecule has 0 aliphatic carbocycles. The van der Waals surface area contributed by atoms with Crippen molar-refractivity contribution in [2.75, 3.05) is 25.6 Å². The van der Waals surface area contributed by atoms with E-state index in [9.17, 15) is 14.4 Å². The molecule has 0 saturated heterocycles. The molecule has 2 heterocycles. The van der Waals surface area contributed by atoms with Crippen LogP contribution < -0.4 is 0 Å². The predicted octanol–water partition coefficient (Wildman–Crippen LogP) is 5.63. The summed E-state index contributed by atoms with van der Waals surface area (Å²) in [4.78, 5) is 40.3. The van der Waals surface area contributed by atoms with Crippen LogP contribution in [0.4, 0.5) is 0 Å². The van der Waals surface area contributed by atoms with Crippen LogP contribution in [0.15, 0.2) is 84.6 Å². The van der Waals surface area contributed by atoms with Gasteiger partial charge in [0.1, 0.15) is 23.9 Å². The first-order valence-electron chi connectivity index (χ1n) is 12.0. The van der Waals surface area contributed by atoms with Crippen molar-refractivity contribution < 1.29 is 28.6 Å². The first-order chi connectivity index (χ1) is 18.2. The molecule has 3 rings (SSSR count). The fourth-order valence-corrected chi connectivity index (χ4v) is 6.45. The largest absolute Gasteiger partial charge is 0.459 e. The Morgan fingerprint density at radius 3 is 2.32 bits per heavy atom. The van der Waals surface area contributed by atoms with E-state index < -0.39 is 17.9 Å². The molecular formula is C29H31NO6S2. The topological polar surface area (TPSA) is 91.8 Å².